The molecule has 2 amide bonds. The molecule has 0 aliphatic carbocycles. The van der Waals surface area contributed by atoms with Crippen LogP contribution in [0.15, 0.2) is 4.99 Å². The van der Waals surface area contributed by atoms with E-state index in [4.69, 9.17) is 9.47 Å². The Bertz CT molecular complexity index is 435. The first-order chi connectivity index (χ1) is 10.2. The van der Waals surface area contributed by atoms with Crippen molar-refractivity contribution in [2.75, 3.05) is 20.7 Å². The molecule has 0 N–H and O–H groups in total. The zero-order chi connectivity index (χ0) is 16.9. The molecule has 1 saturated heterocycles. The second kappa shape index (κ2) is 7.58. The topological polar surface area (TPSA) is 71.4 Å². The van der Waals surface area contributed by atoms with E-state index in [0.717, 1.165) is 12.8 Å². The Kier molecular flexibility index (Phi) is 6.34. The number of hydrogen-bond donors (Lipinski definition) is 0. The molecule has 7 nitrogen and oxygen atoms in total. The van der Waals surface area contributed by atoms with Crippen LogP contribution in [-0.4, -0.2) is 66.7 Å². The molecule has 0 radical (unpaired) electrons. The van der Waals surface area contributed by atoms with Gasteiger partial charge in [0.15, 0.2) is 0 Å². The lowest BCUT2D eigenvalue weighted by molar-refractivity contribution is -0.122. The molecule has 22 heavy (non-hydrogen) atoms. The summed E-state index contributed by atoms with van der Waals surface area (Å²) in [7, 11) is 3.54. The van der Waals surface area contributed by atoms with Crippen LogP contribution in [0.5, 0.6) is 0 Å². The minimum atomic E-state index is -0.906. The van der Waals surface area contributed by atoms with E-state index < -0.39 is 29.9 Å². The van der Waals surface area contributed by atoms with E-state index in [0.29, 0.717) is 6.61 Å². The second-order valence-corrected chi connectivity index (χ2v) is 6.10. The third-order valence-electron chi connectivity index (χ3n) is 3.37. The van der Waals surface area contributed by atoms with Crippen LogP contribution >= 0.6 is 0 Å². The van der Waals surface area contributed by atoms with Crippen LogP contribution in [0.2, 0.25) is 0 Å². The maximum atomic E-state index is 12.3. The van der Waals surface area contributed by atoms with Gasteiger partial charge < -0.3 is 14.4 Å². The Labute approximate surface area is 132 Å². The van der Waals surface area contributed by atoms with Crippen molar-refractivity contribution in [1.29, 1.82) is 0 Å². The summed E-state index contributed by atoms with van der Waals surface area (Å²) in [6.45, 7) is 7.59. The van der Waals surface area contributed by atoms with Gasteiger partial charge >= 0.3 is 6.09 Å². The number of unbranched alkanes of at least 4 members (excludes halogenated alkanes) is 1. The molecule has 0 aromatic rings. The van der Waals surface area contributed by atoms with Crippen molar-refractivity contribution in [3.05, 3.63) is 0 Å². The summed E-state index contributed by atoms with van der Waals surface area (Å²) in [4.78, 5) is 31.6. The first kappa shape index (κ1) is 18.4. The first-order valence-corrected chi connectivity index (χ1v) is 7.59. The van der Waals surface area contributed by atoms with Crippen LogP contribution in [0.1, 0.15) is 40.5 Å². The molecule has 0 spiro atoms. The Morgan fingerprint density at radius 1 is 1.41 bits per heavy atom. The van der Waals surface area contributed by atoms with Gasteiger partial charge in [0.1, 0.15) is 11.8 Å². The van der Waals surface area contributed by atoms with Gasteiger partial charge in [-0.15, -0.1) is 0 Å². The molecule has 1 fully saturated rings. The van der Waals surface area contributed by atoms with Crippen molar-refractivity contribution in [2.24, 2.45) is 4.99 Å². The summed E-state index contributed by atoms with van der Waals surface area (Å²) < 4.78 is 11.0. The Hall–Kier alpha value is -1.63. The highest BCUT2D eigenvalue weighted by atomic mass is 16.6. The van der Waals surface area contributed by atoms with Crippen molar-refractivity contribution in [3.8, 4) is 0 Å². The number of nitrogens with zero attached hydrogens (tertiary/aromatic N) is 3. The number of carbonyl (C=O) groups excluding carboxylic acids is 2. The molecule has 0 bridgehead atoms. The molecule has 1 aliphatic heterocycles. The van der Waals surface area contributed by atoms with Crippen molar-refractivity contribution >= 4 is 18.3 Å². The van der Waals surface area contributed by atoms with Crippen LogP contribution in [0.25, 0.3) is 0 Å². The van der Waals surface area contributed by atoms with Gasteiger partial charge in [-0.1, -0.05) is 13.3 Å². The molecule has 0 aromatic heterocycles. The van der Waals surface area contributed by atoms with Crippen molar-refractivity contribution in [2.45, 2.75) is 58.4 Å². The summed E-state index contributed by atoms with van der Waals surface area (Å²) in [6, 6.07) is -0.777. The largest absolute Gasteiger partial charge is 0.449 e. The normalized spacial score (nSPS) is 23.8. The maximum Gasteiger partial charge on any atom is 0.412 e. The van der Waals surface area contributed by atoms with Crippen molar-refractivity contribution in [1.82, 2.24) is 9.80 Å². The lowest BCUT2D eigenvalue weighted by atomic mass is 10.1. The highest BCUT2D eigenvalue weighted by Gasteiger charge is 2.52. The minimum absolute atomic E-state index is 0.332. The van der Waals surface area contributed by atoms with Gasteiger partial charge in [0.05, 0.1) is 19.0 Å². The molecule has 2 atom stereocenters. The van der Waals surface area contributed by atoms with Crippen LogP contribution in [0.4, 0.5) is 4.79 Å². The number of ether oxygens (including phenoxy) is 2. The molecule has 7 heteroatoms. The molecular formula is C15H27N3O4. The maximum absolute atomic E-state index is 12.3. The highest BCUT2D eigenvalue weighted by molar-refractivity contribution is 5.92. The van der Waals surface area contributed by atoms with Crippen LogP contribution in [0, 0.1) is 0 Å². The highest BCUT2D eigenvalue weighted by Crippen LogP contribution is 2.33. The summed E-state index contributed by atoms with van der Waals surface area (Å²) in [5.41, 5.74) is -0.906. The minimum Gasteiger partial charge on any atom is -0.449 e. The summed E-state index contributed by atoms with van der Waals surface area (Å²) >= 11 is 0. The number of aliphatic imine (C=N–C) groups is 1. The molecule has 0 saturated carbocycles. The molecule has 126 valence electrons. The zero-order valence-corrected chi connectivity index (χ0v) is 14.3. The van der Waals surface area contributed by atoms with Gasteiger partial charge in [-0.3, -0.25) is 9.69 Å². The fraction of sp³-hybridized carbons (Fsp3) is 0.800. The predicted octanol–water partition coefficient (Wildman–Crippen LogP) is 1.86. The number of hydrogen-bond acceptors (Lipinski definition) is 4. The van der Waals surface area contributed by atoms with Gasteiger partial charge in [0.25, 0.3) is 5.91 Å². The van der Waals surface area contributed by atoms with E-state index in [-0.39, 0.29) is 0 Å². The lowest BCUT2D eigenvalue weighted by Gasteiger charge is -2.31. The molecular weight excluding hydrogens is 286 g/mol. The SMILES string of the molecule is CCCCOC(=O)N1C(C(=O)N=CN(C)C)C(C)OC1(C)C. The number of rotatable bonds is 5. The van der Waals surface area contributed by atoms with Gasteiger partial charge in [0.2, 0.25) is 0 Å². The average molecular weight is 313 g/mol. The van der Waals surface area contributed by atoms with E-state index >= 15 is 0 Å². The third-order valence-corrected chi connectivity index (χ3v) is 3.37. The van der Waals surface area contributed by atoms with E-state index in [9.17, 15) is 9.59 Å². The molecule has 1 rings (SSSR count). The monoisotopic (exact) mass is 313 g/mol. The van der Waals surface area contributed by atoms with Crippen LogP contribution in [-0.2, 0) is 14.3 Å². The van der Waals surface area contributed by atoms with Crippen LogP contribution < -0.4 is 0 Å². The Morgan fingerprint density at radius 3 is 2.59 bits per heavy atom. The lowest BCUT2D eigenvalue weighted by Crippen LogP contribution is -2.51. The van der Waals surface area contributed by atoms with Gasteiger partial charge in [-0.25, -0.2) is 9.79 Å². The van der Waals surface area contributed by atoms with Crippen LogP contribution in [0.3, 0.4) is 0 Å². The summed E-state index contributed by atoms with van der Waals surface area (Å²) in [5.74, 6) is -0.417. The quantitative estimate of drug-likeness (QED) is 0.440. The van der Waals surface area contributed by atoms with Crippen molar-refractivity contribution < 1.29 is 19.1 Å². The smallest absolute Gasteiger partial charge is 0.412 e. The Morgan fingerprint density at radius 2 is 2.05 bits per heavy atom. The summed E-state index contributed by atoms with van der Waals surface area (Å²) in [6.07, 6.45) is 2.15. The first-order valence-electron chi connectivity index (χ1n) is 7.59. The molecule has 0 aromatic carbocycles. The number of carbonyl (C=O) groups is 2. The summed E-state index contributed by atoms with van der Waals surface area (Å²) in [5, 5.41) is 0. The van der Waals surface area contributed by atoms with Gasteiger partial charge in [-0.2, -0.15) is 0 Å². The van der Waals surface area contributed by atoms with Gasteiger partial charge in [-0.05, 0) is 27.2 Å². The molecule has 2 unspecified atom stereocenters. The van der Waals surface area contributed by atoms with E-state index in [2.05, 4.69) is 4.99 Å². The zero-order valence-electron chi connectivity index (χ0n) is 14.3. The fourth-order valence-electron chi connectivity index (χ4n) is 2.39. The molecule has 1 heterocycles. The standard InChI is InChI=1S/C15H27N3O4/c1-7-8-9-21-14(20)18-12(11(2)22-15(18,3)4)13(19)16-10-17(5)6/h10-12H,7-9H2,1-6H3. The van der Waals surface area contributed by atoms with E-state index in [1.807, 2.05) is 6.92 Å². The third kappa shape index (κ3) is 4.43. The van der Waals surface area contributed by atoms with E-state index in [1.165, 1.54) is 11.2 Å². The second-order valence-electron chi connectivity index (χ2n) is 6.10. The molecule has 1 aliphatic rings. The van der Waals surface area contributed by atoms with E-state index in [1.54, 1.807) is 39.8 Å². The average Bonchev–Trinajstić information content (AvgIpc) is 2.65. The number of amides is 2. The Balaban J connectivity index is 2.91. The van der Waals surface area contributed by atoms with Gasteiger partial charge in [0, 0.05) is 14.1 Å². The van der Waals surface area contributed by atoms with Crippen molar-refractivity contribution in [3.63, 3.8) is 0 Å². The fourth-order valence-corrected chi connectivity index (χ4v) is 2.39. The predicted molar refractivity (Wildman–Crippen MR) is 83.7 cm³/mol.